The summed E-state index contributed by atoms with van der Waals surface area (Å²) in [7, 11) is 1.82. The maximum absolute atomic E-state index is 12.9. The molecule has 2 amide bonds. The molecule has 0 saturated carbocycles. The standard InChI is InChI=1S/C24H29N3O3/c1-3-26-17-20(30-22-8-5-4-7-21(22)26)16-25(2)24(29)19-12-10-18(11-13-19)15-27-14-6-9-23(27)28/h4-5,7-8,10-13,20H,3,6,9,14-17H2,1-2H3/t20-/m1/s1. The normalized spacial score (nSPS) is 18.2. The average molecular weight is 408 g/mol. The van der Waals surface area contributed by atoms with Gasteiger partial charge < -0.3 is 19.4 Å². The van der Waals surface area contributed by atoms with E-state index in [9.17, 15) is 9.59 Å². The molecule has 0 unspecified atom stereocenters. The molecule has 6 heteroatoms. The Kier molecular flexibility index (Phi) is 5.93. The van der Waals surface area contributed by atoms with E-state index in [0.717, 1.165) is 43.1 Å². The van der Waals surface area contributed by atoms with Crippen molar-refractivity contribution in [2.75, 3.05) is 38.1 Å². The van der Waals surface area contributed by atoms with Crippen LogP contribution in [0.5, 0.6) is 5.75 Å². The van der Waals surface area contributed by atoms with Gasteiger partial charge in [0, 0.05) is 38.7 Å². The molecule has 0 radical (unpaired) electrons. The van der Waals surface area contributed by atoms with E-state index in [1.165, 1.54) is 0 Å². The molecule has 1 saturated heterocycles. The number of hydrogen-bond acceptors (Lipinski definition) is 4. The number of likely N-dealkylation sites (N-methyl/N-ethyl adjacent to an activating group) is 2. The number of likely N-dealkylation sites (tertiary alicyclic amines) is 1. The Morgan fingerprint density at radius 1 is 1.13 bits per heavy atom. The van der Waals surface area contributed by atoms with Crippen LogP contribution in [0.15, 0.2) is 48.5 Å². The zero-order valence-corrected chi connectivity index (χ0v) is 17.7. The fourth-order valence-electron chi connectivity index (χ4n) is 4.23. The first-order valence-electron chi connectivity index (χ1n) is 10.7. The second-order valence-corrected chi connectivity index (χ2v) is 8.05. The summed E-state index contributed by atoms with van der Waals surface area (Å²) < 4.78 is 6.15. The van der Waals surface area contributed by atoms with Crippen LogP contribution in [0, 0.1) is 0 Å². The highest BCUT2D eigenvalue weighted by molar-refractivity contribution is 5.94. The summed E-state index contributed by atoms with van der Waals surface area (Å²) in [5.41, 5.74) is 2.81. The van der Waals surface area contributed by atoms with Crippen molar-refractivity contribution in [1.29, 1.82) is 0 Å². The second kappa shape index (κ2) is 8.78. The van der Waals surface area contributed by atoms with Crippen molar-refractivity contribution in [3.05, 3.63) is 59.7 Å². The van der Waals surface area contributed by atoms with Crippen LogP contribution in [-0.2, 0) is 11.3 Å². The molecular weight excluding hydrogens is 378 g/mol. The van der Waals surface area contributed by atoms with Crippen molar-refractivity contribution < 1.29 is 14.3 Å². The molecule has 0 bridgehead atoms. The molecule has 0 N–H and O–H groups in total. The number of carbonyl (C=O) groups is 2. The van der Waals surface area contributed by atoms with E-state index in [1.807, 2.05) is 54.4 Å². The lowest BCUT2D eigenvalue weighted by Crippen LogP contribution is -2.46. The minimum atomic E-state index is -0.0748. The van der Waals surface area contributed by atoms with Gasteiger partial charge in [-0.15, -0.1) is 0 Å². The molecular formula is C24H29N3O3. The molecule has 1 atom stereocenters. The van der Waals surface area contributed by atoms with Crippen LogP contribution in [0.4, 0.5) is 5.69 Å². The molecule has 2 aromatic carbocycles. The molecule has 6 nitrogen and oxygen atoms in total. The number of benzene rings is 2. The van der Waals surface area contributed by atoms with E-state index in [-0.39, 0.29) is 17.9 Å². The molecule has 158 valence electrons. The van der Waals surface area contributed by atoms with Gasteiger partial charge in [-0.2, -0.15) is 0 Å². The van der Waals surface area contributed by atoms with Gasteiger partial charge in [-0.05, 0) is 43.2 Å². The summed E-state index contributed by atoms with van der Waals surface area (Å²) in [5.74, 6) is 1.06. The maximum Gasteiger partial charge on any atom is 0.253 e. The zero-order chi connectivity index (χ0) is 21.1. The Morgan fingerprint density at radius 3 is 2.60 bits per heavy atom. The lowest BCUT2D eigenvalue weighted by molar-refractivity contribution is -0.128. The van der Waals surface area contributed by atoms with Gasteiger partial charge in [0.05, 0.1) is 18.8 Å². The van der Waals surface area contributed by atoms with Crippen molar-refractivity contribution in [3.63, 3.8) is 0 Å². The number of amides is 2. The molecule has 0 spiro atoms. The highest BCUT2D eigenvalue weighted by Gasteiger charge is 2.27. The molecule has 2 aliphatic rings. The third-order valence-corrected chi connectivity index (χ3v) is 5.88. The third-order valence-electron chi connectivity index (χ3n) is 5.88. The molecule has 0 aromatic heterocycles. The largest absolute Gasteiger partial charge is 0.485 e. The summed E-state index contributed by atoms with van der Waals surface area (Å²) in [5, 5.41) is 0. The van der Waals surface area contributed by atoms with E-state index >= 15 is 0 Å². The molecule has 0 aliphatic carbocycles. The van der Waals surface area contributed by atoms with E-state index < -0.39 is 0 Å². The van der Waals surface area contributed by atoms with Crippen LogP contribution in [-0.4, -0.2) is 60.9 Å². The first-order chi connectivity index (χ1) is 14.5. The van der Waals surface area contributed by atoms with Gasteiger partial charge in [-0.25, -0.2) is 0 Å². The van der Waals surface area contributed by atoms with E-state index in [2.05, 4.69) is 17.9 Å². The summed E-state index contributed by atoms with van der Waals surface area (Å²) >= 11 is 0. The molecule has 2 heterocycles. The minimum Gasteiger partial charge on any atom is -0.485 e. The average Bonchev–Trinajstić information content (AvgIpc) is 3.17. The highest BCUT2D eigenvalue weighted by atomic mass is 16.5. The van der Waals surface area contributed by atoms with Crippen LogP contribution in [0.1, 0.15) is 35.7 Å². The SMILES string of the molecule is CCN1C[C@@H](CN(C)C(=O)c2ccc(CN3CCCC3=O)cc2)Oc2ccccc21. The predicted octanol–water partition coefficient (Wildman–Crippen LogP) is 3.17. The lowest BCUT2D eigenvalue weighted by Gasteiger charge is -2.37. The number of hydrogen-bond donors (Lipinski definition) is 0. The number of rotatable bonds is 6. The van der Waals surface area contributed by atoms with Crippen LogP contribution in [0.3, 0.4) is 0 Å². The number of nitrogens with zero attached hydrogens (tertiary/aromatic N) is 3. The van der Waals surface area contributed by atoms with Gasteiger partial charge in [0.2, 0.25) is 5.91 Å². The lowest BCUT2D eigenvalue weighted by atomic mass is 10.1. The molecule has 2 aliphatic heterocycles. The second-order valence-electron chi connectivity index (χ2n) is 8.05. The van der Waals surface area contributed by atoms with Crippen LogP contribution in [0.25, 0.3) is 0 Å². The van der Waals surface area contributed by atoms with Gasteiger partial charge in [0.1, 0.15) is 11.9 Å². The Morgan fingerprint density at radius 2 is 1.90 bits per heavy atom. The topological polar surface area (TPSA) is 53.1 Å². The minimum absolute atomic E-state index is 0.0238. The smallest absolute Gasteiger partial charge is 0.253 e. The quantitative estimate of drug-likeness (QED) is 0.738. The van der Waals surface area contributed by atoms with Crippen molar-refractivity contribution in [2.24, 2.45) is 0 Å². The van der Waals surface area contributed by atoms with Crippen molar-refractivity contribution in [3.8, 4) is 5.75 Å². The predicted molar refractivity (Wildman–Crippen MR) is 117 cm³/mol. The van der Waals surface area contributed by atoms with Gasteiger partial charge in [-0.3, -0.25) is 9.59 Å². The van der Waals surface area contributed by atoms with Crippen LogP contribution in [0.2, 0.25) is 0 Å². The van der Waals surface area contributed by atoms with Crippen LogP contribution < -0.4 is 9.64 Å². The summed E-state index contributed by atoms with van der Waals surface area (Å²) in [6.07, 6.45) is 1.50. The summed E-state index contributed by atoms with van der Waals surface area (Å²) in [6.45, 7) is 5.75. The number of para-hydroxylation sites is 2. The molecule has 2 aromatic rings. The number of fused-ring (bicyclic) bond motifs is 1. The monoisotopic (exact) mass is 407 g/mol. The van der Waals surface area contributed by atoms with Gasteiger partial charge in [0.15, 0.2) is 0 Å². The molecule has 30 heavy (non-hydrogen) atoms. The Balaban J connectivity index is 1.37. The molecule has 4 rings (SSSR count). The third kappa shape index (κ3) is 4.27. The van der Waals surface area contributed by atoms with Gasteiger partial charge >= 0.3 is 0 Å². The van der Waals surface area contributed by atoms with E-state index in [4.69, 9.17) is 4.74 Å². The molecule has 1 fully saturated rings. The van der Waals surface area contributed by atoms with E-state index in [1.54, 1.807) is 4.90 Å². The fourth-order valence-corrected chi connectivity index (χ4v) is 4.23. The van der Waals surface area contributed by atoms with Crippen molar-refractivity contribution in [1.82, 2.24) is 9.80 Å². The highest BCUT2D eigenvalue weighted by Crippen LogP contribution is 2.32. The Bertz CT molecular complexity index is 912. The van der Waals surface area contributed by atoms with Gasteiger partial charge in [-0.1, -0.05) is 24.3 Å². The van der Waals surface area contributed by atoms with Crippen molar-refractivity contribution >= 4 is 17.5 Å². The van der Waals surface area contributed by atoms with Gasteiger partial charge in [0.25, 0.3) is 5.91 Å². The van der Waals surface area contributed by atoms with Crippen LogP contribution >= 0.6 is 0 Å². The number of anilines is 1. The van der Waals surface area contributed by atoms with Crippen molar-refractivity contribution in [2.45, 2.75) is 32.4 Å². The first kappa shape index (κ1) is 20.3. The van der Waals surface area contributed by atoms with E-state index in [0.29, 0.717) is 25.1 Å². The number of ether oxygens (including phenoxy) is 1. The first-order valence-corrected chi connectivity index (χ1v) is 10.7. The zero-order valence-electron chi connectivity index (χ0n) is 17.7. The maximum atomic E-state index is 12.9. The fraction of sp³-hybridized carbons (Fsp3) is 0.417. The summed E-state index contributed by atoms with van der Waals surface area (Å²) in [4.78, 5) is 30.6. The Labute approximate surface area is 178 Å². The number of carbonyl (C=O) groups excluding carboxylic acids is 2. The Hall–Kier alpha value is -3.02. The summed E-state index contributed by atoms with van der Waals surface area (Å²) in [6, 6.07) is 15.6.